The molecule has 0 fully saturated rings. The molecular weight excluding hydrogens is 200 g/mol. The van der Waals surface area contributed by atoms with Gasteiger partial charge in [-0.25, -0.2) is 15.8 Å². The van der Waals surface area contributed by atoms with Gasteiger partial charge in [0, 0.05) is 14.1 Å². The van der Waals surface area contributed by atoms with Crippen LogP contribution in [0.2, 0.25) is 0 Å². The van der Waals surface area contributed by atoms with Crippen molar-refractivity contribution in [1.29, 1.82) is 0 Å². The molecule has 0 saturated heterocycles. The summed E-state index contributed by atoms with van der Waals surface area (Å²) < 4.78 is 0.874. The summed E-state index contributed by atoms with van der Waals surface area (Å²) in [6.45, 7) is 0. The Morgan fingerprint density at radius 3 is 2.86 bits per heavy atom. The van der Waals surface area contributed by atoms with Gasteiger partial charge in [-0.15, -0.1) is 0 Å². The molecule has 0 atom stereocenters. The van der Waals surface area contributed by atoms with Crippen LogP contribution in [0.4, 0.5) is 10.9 Å². The maximum atomic E-state index is 5.33. The molecule has 2 aromatic heterocycles. The van der Waals surface area contributed by atoms with E-state index in [1.54, 1.807) is 0 Å². The van der Waals surface area contributed by atoms with Crippen LogP contribution in [-0.2, 0) is 0 Å². The van der Waals surface area contributed by atoms with Crippen molar-refractivity contribution >= 4 is 32.6 Å². The highest BCUT2D eigenvalue weighted by atomic mass is 32.1. The summed E-state index contributed by atoms with van der Waals surface area (Å²) in [6.07, 6.45) is 1.44. The molecule has 2 rings (SSSR count). The minimum atomic E-state index is 0.612. The van der Waals surface area contributed by atoms with Gasteiger partial charge in [0.1, 0.15) is 11.0 Å². The van der Waals surface area contributed by atoms with Crippen molar-refractivity contribution in [3.63, 3.8) is 0 Å². The van der Waals surface area contributed by atoms with E-state index in [1.807, 2.05) is 19.0 Å². The lowest BCUT2D eigenvalue weighted by atomic mass is 10.5. The third kappa shape index (κ3) is 1.36. The summed E-state index contributed by atoms with van der Waals surface area (Å²) in [4.78, 5) is 14.3. The molecule has 0 amide bonds. The Bertz CT molecular complexity index is 450. The van der Waals surface area contributed by atoms with E-state index in [1.165, 1.54) is 17.7 Å². The van der Waals surface area contributed by atoms with Crippen LogP contribution in [0.15, 0.2) is 6.33 Å². The van der Waals surface area contributed by atoms with E-state index in [0.29, 0.717) is 11.5 Å². The maximum absolute atomic E-state index is 5.33. The molecule has 2 aromatic rings. The number of hydrogen-bond donors (Lipinski definition) is 2. The van der Waals surface area contributed by atoms with Crippen LogP contribution in [-0.4, -0.2) is 29.0 Å². The van der Waals surface area contributed by atoms with Crippen molar-refractivity contribution in [3.05, 3.63) is 6.33 Å². The molecule has 0 bridgehead atoms. The number of nitrogens with one attached hydrogen (secondary N) is 1. The van der Waals surface area contributed by atoms with Gasteiger partial charge < -0.3 is 10.3 Å². The molecule has 3 N–H and O–H groups in total. The van der Waals surface area contributed by atoms with Crippen LogP contribution < -0.4 is 16.2 Å². The van der Waals surface area contributed by atoms with Gasteiger partial charge in [-0.3, -0.25) is 0 Å². The highest BCUT2D eigenvalue weighted by Crippen LogP contribution is 2.29. The van der Waals surface area contributed by atoms with E-state index in [0.717, 1.165) is 9.83 Å². The Hall–Kier alpha value is -1.47. The molecule has 0 aliphatic carbocycles. The number of thiazole rings is 1. The van der Waals surface area contributed by atoms with Crippen molar-refractivity contribution in [2.24, 2.45) is 5.84 Å². The number of hydrazine groups is 1. The normalized spacial score (nSPS) is 10.5. The summed E-state index contributed by atoms with van der Waals surface area (Å²) in [5, 5.41) is 0.886. The van der Waals surface area contributed by atoms with Crippen LogP contribution in [0.3, 0.4) is 0 Å². The molecule has 14 heavy (non-hydrogen) atoms. The zero-order chi connectivity index (χ0) is 10.1. The lowest BCUT2D eigenvalue weighted by molar-refractivity contribution is 1.10. The molecule has 0 radical (unpaired) electrons. The Labute approximate surface area is 84.8 Å². The minimum absolute atomic E-state index is 0.612. The number of fused-ring (bicyclic) bond motifs is 1. The third-order valence-corrected chi connectivity index (χ3v) is 2.92. The Balaban J connectivity index is 2.64. The average Bonchev–Trinajstić information content (AvgIpc) is 2.60. The second-order valence-electron chi connectivity index (χ2n) is 2.91. The van der Waals surface area contributed by atoms with Gasteiger partial charge in [-0.2, -0.15) is 4.98 Å². The molecule has 6 nitrogen and oxygen atoms in total. The lowest BCUT2D eigenvalue weighted by Gasteiger charge is -2.04. The number of nitrogen functional groups attached to an aromatic ring is 1. The molecular formula is C7H10N6S. The van der Waals surface area contributed by atoms with Crippen LogP contribution in [0.25, 0.3) is 10.3 Å². The number of rotatable bonds is 2. The van der Waals surface area contributed by atoms with Crippen LogP contribution in [0, 0.1) is 0 Å². The van der Waals surface area contributed by atoms with Gasteiger partial charge in [0.2, 0.25) is 0 Å². The number of hydrogen-bond acceptors (Lipinski definition) is 7. The van der Waals surface area contributed by atoms with E-state index in [2.05, 4.69) is 20.4 Å². The lowest BCUT2D eigenvalue weighted by Crippen LogP contribution is -2.08. The topological polar surface area (TPSA) is 80.0 Å². The second kappa shape index (κ2) is 3.35. The first-order valence-electron chi connectivity index (χ1n) is 3.98. The van der Waals surface area contributed by atoms with Crippen LogP contribution >= 0.6 is 11.3 Å². The highest BCUT2D eigenvalue weighted by Gasteiger charge is 2.10. The Morgan fingerprint density at radius 2 is 2.21 bits per heavy atom. The fourth-order valence-corrected chi connectivity index (χ4v) is 1.93. The molecule has 0 spiro atoms. The second-order valence-corrected chi connectivity index (χ2v) is 3.89. The van der Waals surface area contributed by atoms with Gasteiger partial charge in [-0.05, 0) is 0 Å². The maximum Gasteiger partial charge on any atom is 0.187 e. The minimum Gasteiger partial charge on any atom is -0.354 e. The van der Waals surface area contributed by atoms with Crippen molar-refractivity contribution in [2.75, 3.05) is 24.4 Å². The van der Waals surface area contributed by atoms with E-state index in [4.69, 9.17) is 5.84 Å². The number of anilines is 2. The van der Waals surface area contributed by atoms with Crippen LogP contribution in [0.1, 0.15) is 0 Å². The monoisotopic (exact) mass is 210 g/mol. The standard InChI is InChI=1S/C7H10N6S/c1-13(2)7-11-5-4(14-7)6(12-8)10-3-9-5/h3H,8H2,1-2H3,(H,9,10,12). The van der Waals surface area contributed by atoms with Crippen molar-refractivity contribution in [3.8, 4) is 0 Å². The average molecular weight is 210 g/mol. The smallest absolute Gasteiger partial charge is 0.187 e. The molecule has 0 saturated carbocycles. The Kier molecular flexibility index (Phi) is 2.18. The van der Waals surface area contributed by atoms with Crippen molar-refractivity contribution in [1.82, 2.24) is 15.0 Å². The van der Waals surface area contributed by atoms with Crippen LogP contribution in [0.5, 0.6) is 0 Å². The molecule has 74 valence electrons. The number of nitrogens with zero attached hydrogens (tertiary/aromatic N) is 4. The summed E-state index contributed by atoms with van der Waals surface area (Å²) in [5.41, 5.74) is 3.19. The SMILES string of the molecule is CN(C)c1nc2ncnc(NN)c2s1. The first kappa shape index (κ1) is 9.10. The van der Waals surface area contributed by atoms with Crippen molar-refractivity contribution in [2.45, 2.75) is 0 Å². The van der Waals surface area contributed by atoms with Gasteiger partial charge in [0.15, 0.2) is 16.6 Å². The fourth-order valence-electron chi connectivity index (χ4n) is 1.04. The van der Waals surface area contributed by atoms with Gasteiger partial charge in [0.25, 0.3) is 0 Å². The quantitative estimate of drug-likeness (QED) is 0.553. The molecule has 2 heterocycles. The molecule has 0 aliphatic heterocycles. The summed E-state index contributed by atoms with van der Waals surface area (Å²) in [5.74, 6) is 5.94. The van der Waals surface area contributed by atoms with E-state index >= 15 is 0 Å². The fraction of sp³-hybridized carbons (Fsp3) is 0.286. The molecule has 7 heteroatoms. The summed E-state index contributed by atoms with van der Waals surface area (Å²) in [6, 6.07) is 0. The van der Waals surface area contributed by atoms with E-state index < -0.39 is 0 Å². The first-order chi connectivity index (χ1) is 6.72. The molecule has 0 aliphatic rings. The largest absolute Gasteiger partial charge is 0.354 e. The zero-order valence-corrected chi connectivity index (χ0v) is 8.67. The number of aromatic nitrogens is 3. The van der Waals surface area contributed by atoms with Crippen molar-refractivity contribution < 1.29 is 0 Å². The first-order valence-corrected chi connectivity index (χ1v) is 4.79. The van der Waals surface area contributed by atoms with Gasteiger partial charge in [0.05, 0.1) is 0 Å². The highest BCUT2D eigenvalue weighted by molar-refractivity contribution is 7.22. The predicted molar refractivity (Wildman–Crippen MR) is 57.3 cm³/mol. The predicted octanol–water partition coefficient (Wildman–Crippen LogP) is 0.438. The Morgan fingerprint density at radius 1 is 1.43 bits per heavy atom. The van der Waals surface area contributed by atoms with Gasteiger partial charge in [-0.1, -0.05) is 11.3 Å². The molecule has 0 unspecified atom stereocenters. The third-order valence-electron chi connectivity index (χ3n) is 1.70. The summed E-state index contributed by atoms with van der Waals surface area (Å²) in [7, 11) is 3.86. The number of nitrogens with two attached hydrogens (primary N) is 1. The van der Waals surface area contributed by atoms with E-state index in [-0.39, 0.29) is 0 Å². The van der Waals surface area contributed by atoms with Gasteiger partial charge >= 0.3 is 0 Å². The summed E-state index contributed by atoms with van der Waals surface area (Å²) >= 11 is 1.50. The van der Waals surface area contributed by atoms with E-state index in [9.17, 15) is 0 Å². The molecule has 0 aromatic carbocycles. The zero-order valence-electron chi connectivity index (χ0n) is 7.85.